The molecule has 1 amide bonds. The second kappa shape index (κ2) is 9.67. The lowest BCUT2D eigenvalue weighted by Gasteiger charge is -2.42. The molecule has 3 saturated heterocycles. The molecule has 0 radical (unpaired) electrons. The van der Waals surface area contributed by atoms with Crippen LogP contribution in [0.4, 0.5) is 8.78 Å². The van der Waals surface area contributed by atoms with Crippen molar-refractivity contribution in [2.45, 2.75) is 43.6 Å². The number of amides is 1. The van der Waals surface area contributed by atoms with Gasteiger partial charge in [0.25, 0.3) is 5.91 Å². The third-order valence-electron chi connectivity index (χ3n) is 7.06. The van der Waals surface area contributed by atoms with Gasteiger partial charge in [-0.05, 0) is 25.0 Å². The van der Waals surface area contributed by atoms with Gasteiger partial charge in [0, 0.05) is 49.1 Å². The maximum Gasteiger partial charge on any atom is 0.258 e. The number of aliphatic imine (C=N–C) groups is 1. The minimum Gasteiger partial charge on any atom is -0.487 e. The lowest BCUT2D eigenvalue weighted by atomic mass is 9.96. The standard InChI is InChI=1S/C24H26ClF2N5O3/c25-13-9-29-23(30-10-13)17-11-31(12-18(17)28)24(34)16-3-1-14(27)7-20(16)35-21-8-15-2-4-19(22(21)33)32(15)6-5-26/h1,3,7,9-10,15,19,21-22,28-29,33H,2,4-6,8,11-12H2/b23-17+,28-18?/t15-,19+,21+,22?/m0/s1. The fourth-order valence-corrected chi connectivity index (χ4v) is 5.51. The molecule has 8 nitrogen and oxygen atoms in total. The Hall–Kier alpha value is -2.82. The van der Waals surface area contributed by atoms with Crippen molar-refractivity contribution >= 4 is 29.4 Å². The molecule has 0 aliphatic carbocycles. The largest absolute Gasteiger partial charge is 0.487 e. The minimum absolute atomic E-state index is 0.0496. The van der Waals surface area contributed by atoms with E-state index < -0.39 is 30.6 Å². The molecule has 1 unspecified atom stereocenters. The maximum atomic E-state index is 14.2. The number of hydrogen-bond donors (Lipinski definition) is 3. The molecule has 0 saturated carbocycles. The first-order valence-electron chi connectivity index (χ1n) is 11.6. The smallest absolute Gasteiger partial charge is 0.258 e. The van der Waals surface area contributed by atoms with E-state index in [0.29, 0.717) is 22.8 Å². The lowest BCUT2D eigenvalue weighted by molar-refractivity contribution is -0.0654. The van der Waals surface area contributed by atoms with E-state index in [1.165, 1.54) is 23.2 Å². The van der Waals surface area contributed by atoms with E-state index in [-0.39, 0.29) is 48.7 Å². The van der Waals surface area contributed by atoms with Gasteiger partial charge in [-0.15, -0.1) is 0 Å². The number of nitrogens with zero attached hydrogens (tertiary/aromatic N) is 3. The molecule has 4 heterocycles. The van der Waals surface area contributed by atoms with Gasteiger partial charge in [-0.25, -0.2) is 13.8 Å². The predicted molar refractivity (Wildman–Crippen MR) is 127 cm³/mol. The van der Waals surface area contributed by atoms with Gasteiger partial charge < -0.3 is 25.5 Å². The van der Waals surface area contributed by atoms with Gasteiger partial charge in [-0.2, -0.15) is 0 Å². The molecule has 4 aliphatic heterocycles. The Morgan fingerprint density at radius 1 is 1.34 bits per heavy atom. The highest BCUT2D eigenvalue weighted by Gasteiger charge is 2.47. The van der Waals surface area contributed by atoms with E-state index >= 15 is 0 Å². The van der Waals surface area contributed by atoms with Crippen LogP contribution in [0.1, 0.15) is 29.6 Å². The van der Waals surface area contributed by atoms with Crippen LogP contribution in [0.3, 0.4) is 0 Å². The number of rotatable bonds is 5. The quantitative estimate of drug-likeness (QED) is 0.571. The molecule has 35 heavy (non-hydrogen) atoms. The molecule has 3 fully saturated rings. The van der Waals surface area contributed by atoms with Gasteiger partial charge in [0.2, 0.25) is 0 Å². The van der Waals surface area contributed by atoms with Crippen LogP contribution in [0.2, 0.25) is 0 Å². The Morgan fingerprint density at radius 2 is 2.17 bits per heavy atom. The van der Waals surface area contributed by atoms with Crippen LogP contribution < -0.4 is 10.1 Å². The molecule has 5 rings (SSSR count). The number of aliphatic hydroxyl groups is 1. The summed E-state index contributed by atoms with van der Waals surface area (Å²) in [5, 5.41) is 22.6. The van der Waals surface area contributed by atoms with Crippen molar-refractivity contribution in [3.8, 4) is 5.75 Å². The number of fused-ring (bicyclic) bond motifs is 2. The van der Waals surface area contributed by atoms with Crippen LogP contribution in [0, 0.1) is 11.2 Å². The van der Waals surface area contributed by atoms with Crippen molar-refractivity contribution in [2.24, 2.45) is 4.99 Å². The number of piperidine rings is 1. The Morgan fingerprint density at radius 3 is 2.91 bits per heavy atom. The van der Waals surface area contributed by atoms with Crippen LogP contribution in [0.5, 0.6) is 5.75 Å². The van der Waals surface area contributed by atoms with Crippen molar-refractivity contribution in [3.05, 3.63) is 52.2 Å². The zero-order valence-electron chi connectivity index (χ0n) is 18.9. The summed E-state index contributed by atoms with van der Waals surface area (Å²) in [5.74, 6) is -0.483. The second-order valence-corrected chi connectivity index (χ2v) is 9.58. The first-order valence-corrected chi connectivity index (χ1v) is 12.0. The van der Waals surface area contributed by atoms with E-state index in [1.54, 1.807) is 6.20 Å². The topological polar surface area (TPSA) is 101 Å². The summed E-state index contributed by atoms with van der Waals surface area (Å²) in [4.78, 5) is 21.1. The fourth-order valence-electron chi connectivity index (χ4n) is 5.40. The van der Waals surface area contributed by atoms with Crippen LogP contribution >= 0.6 is 11.6 Å². The number of hydrogen-bond acceptors (Lipinski definition) is 7. The molecule has 1 aromatic rings. The average molecular weight is 506 g/mol. The summed E-state index contributed by atoms with van der Waals surface area (Å²) in [7, 11) is 0. The monoisotopic (exact) mass is 505 g/mol. The van der Waals surface area contributed by atoms with Gasteiger partial charge in [0.05, 0.1) is 29.4 Å². The third kappa shape index (κ3) is 4.57. The van der Waals surface area contributed by atoms with Gasteiger partial charge >= 0.3 is 0 Å². The van der Waals surface area contributed by atoms with E-state index in [0.717, 1.165) is 18.9 Å². The molecule has 0 spiro atoms. The molecule has 186 valence electrons. The summed E-state index contributed by atoms with van der Waals surface area (Å²) in [6.45, 7) is -0.00502. The van der Waals surface area contributed by atoms with E-state index in [4.69, 9.17) is 21.7 Å². The van der Waals surface area contributed by atoms with E-state index in [9.17, 15) is 18.7 Å². The molecule has 2 bridgehead atoms. The van der Waals surface area contributed by atoms with Crippen molar-refractivity contribution in [1.82, 2.24) is 15.1 Å². The maximum absolute atomic E-state index is 14.2. The highest BCUT2D eigenvalue weighted by molar-refractivity contribution is 6.39. The number of nitrogens with one attached hydrogen (secondary N) is 2. The number of carbonyl (C=O) groups is 1. The molecule has 1 aromatic carbocycles. The van der Waals surface area contributed by atoms with Gasteiger partial charge in [-0.3, -0.25) is 9.69 Å². The number of allylic oxidation sites excluding steroid dienone is 1. The zero-order chi connectivity index (χ0) is 24.7. The summed E-state index contributed by atoms with van der Waals surface area (Å²) >= 11 is 5.88. The number of likely N-dealkylation sites (tertiary alicyclic amines) is 1. The van der Waals surface area contributed by atoms with Crippen LogP contribution in [-0.4, -0.2) is 83.3 Å². The summed E-state index contributed by atoms with van der Waals surface area (Å²) in [5.41, 5.74) is 0.951. The van der Waals surface area contributed by atoms with E-state index in [2.05, 4.69) is 10.3 Å². The number of alkyl halides is 1. The van der Waals surface area contributed by atoms with Crippen LogP contribution in [-0.2, 0) is 0 Å². The van der Waals surface area contributed by atoms with Crippen LogP contribution in [0.15, 0.2) is 45.8 Å². The number of ether oxygens (including phenoxy) is 1. The molecule has 11 heteroatoms. The summed E-state index contributed by atoms with van der Waals surface area (Å²) in [6, 6.07) is 3.55. The van der Waals surface area contributed by atoms with E-state index in [1.807, 2.05) is 4.90 Å². The Bertz CT molecular complexity index is 1140. The van der Waals surface area contributed by atoms with Gasteiger partial charge in [-0.1, -0.05) is 11.6 Å². The van der Waals surface area contributed by atoms with Crippen LogP contribution in [0.25, 0.3) is 0 Å². The number of benzene rings is 1. The molecule has 4 aliphatic rings. The Labute approximate surface area is 206 Å². The van der Waals surface area contributed by atoms with Gasteiger partial charge in [0.1, 0.15) is 36.3 Å². The predicted octanol–water partition coefficient (Wildman–Crippen LogP) is 2.58. The Kier molecular flexibility index (Phi) is 6.61. The average Bonchev–Trinajstić information content (AvgIpc) is 3.37. The highest BCUT2D eigenvalue weighted by atomic mass is 35.5. The molecule has 0 aromatic heterocycles. The number of halogens is 3. The Balaban J connectivity index is 1.35. The number of carbonyl (C=O) groups excluding carboxylic acids is 1. The fraction of sp³-hybridized carbons (Fsp3) is 0.458. The zero-order valence-corrected chi connectivity index (χ0v) is 19.6. The molecule has 4 atom stereocenters. The van der Waals surface area contributed by atoms with Gasteiger partial charge in [0.15, 0.2) is 0 Å². The number of aliphatic hydroxyl groups excluding tert-OH is 1. The normalized spacial score (nSPS) is 30.5. The summed E-state index contributed by atoms with van der Waals surface area (Å²) in [6.07, 6.45) is 3.54. The van der Waals surface area contributed by atoms with Crippen molar-refractivity contribution < 1.29 is 23.4 Å². The van der Waals surface area contributed by atoms with Crippen molar-refractivity contribution in [3.63, 3.8) is 0 Å². The highest BCUT2D eigenvalue weighted by Crippen LogP contribution is 2.38. The third-order valence-corrected chi connectivity index (χ3v) is 7.27. The van der Waals surface area contributed by atoms with Crippen molar-refractivity contribution in [2.75, 3.05) is 26.3 Å². The first kappa shape index (κ1) is 23.9. The molecule has 3 N–H and O–H groups in total. The lowest BCUT2D eigenvalue weighted by Crippen LogP contribution is -2.56. The van der Waals surface area contributed by atoms with Crippen molar-refractivity contribution in [1.29, 1.82) is 5.41 Å². The molecular formula is C24H26ClF2N5O3. The summed E-state index contributed by atoms with van der Waals surface area (Å²) < 4.78 is 33.2. The first-order chi connectivity index (χ1) is 16.9. The second-order valence-electron chi connectivity index (χ2n) is 9.15. The SMILES string of the molecule is N=C1CN(C(=O)c2ccc(F)cc2O[C@@H]2C[C@@H]3CC[C@H](C2O)N3CCF)C/C1=C1\N=CC(Cl)=CN1. The minimum atomic E-state index is -0.877. The molecular weight excluding hydrogens is 480 g/mol.